The van der Waals surface area contributed by atoms with Crippen molar-refractivity contribution in [3.05, 3.63) is 51.9 Å². The van der Waals surface area contributed by atoms with Gasteiger partial charge in [-0.2, -0.15) is 13.2 Å². The lowest BCUT2D eigenvalue weighted by molar-refractivity contribution is -0.137. The summed E-state index contributed by atoms with van der Waals surface area (Å²) in [5.41, 5.74) is -1.07. The molecule has 1 aromatic carbocycles. The van der Waals surface area contributed by atoms with Crippen molar-refractivity contribution in [1.29, 1.82) is 0 Å². The van der Waals surface area contributed by atoms with Crippen molar-refractivity contribution in [3.8, 4) is 0 Å². The van der Waals surface area contributed by atoms with Crippen LogP contribution >= 0.6 is 15.9 Å². The van der Waals surface area contributed by atoms with Crippen LogP contribution in [0.3, 0.4) is 0 Å². The number of aryl methyl sites for hydroxylation is 1. The molecule has 0 aliphatic carbocycles. The highest BCUT2D eigenvalue weighted by Crippen LogP contribution is 2.33. The van der Waals surface area contributed by atoms with Crippen LogP contribution in [0.25, 0.3) is 0 Å². The molecule has 0 radical (unpaired) electrons. The van der Waals surface area contributed by atoms with Gasteiger partial charge in [0.05, 0.1) is 11.3 Å². The normalized spacial score (nSPS) is 16.7. The lowest BCUT2D eigenvalue weighted by Crippen LogP contribution is -2.47. The topological polar surface area (TPSA) is 62.7 Å². The number of hydrogen-bond acceptors (Lipinski definition) is 4. The lowest BCUT2D eigenvalue weighted by atomic mass is 10.2. The Balaban J connectivity index is 1.97. The molecule has 0 unspecified atom stereocenters. The summed E-state index contributed by atoms with van der Waals surface area (Å²) in [5.74, 6) is -1.81. The number of rotatable bonds is 3. The number of amides is 2. The predicted octanol–water partition coefficient (Wildman–Crippen LogP) is 4.30. The fraction of sp³-hybridized carbons (Fsp3) is 0.278. The zero-order valence-corrected chi connectivity index (χ0v) is 16.7. The van der Waals surface area contributed by atoms with Crippen LogP contribution in [-0.2, 0) is 15.7 Å². The average Bonchev–Trinajstić information content (AvgIpc) is 3.01. The number of alkyl halides is 3. The molecule has 154 valence electrons. The molecule has 1 aromatic heterocycles. The van der Waals surface area contributed by atoms with Crippen molar-refractivity contribution in [2.24, 2.45) is 0 Å². The van der Waals surface area contributed by atoms with E-state index in [1.807, 2.05) is 0 Å². The number of cyclic esters (lactones) is 1. The molecular formula is C18H14BrF4N3O3. The minimum Gasteiger partial charge on any atom is -0.446 e. The van der Waals surface area contributed by atoms with Crippen LogP contribution in [0, 0.1) is 12.7 Å². The number of carbonyl (C=O) groups is 2. The minimum absolute atomic E-state index is 0.00744. The minimum atomic E-state index is -4.66. The number of benzene rings is 1. The molecule has 2 amide bonds. The van der Waals surface area contributed by atoms with Gasteiger partial charge in [-0.1, -0.05) is 15.9 Å². The summed E-state index contributed by atoms with van der Waals surface area (Å²) in [4.78, 5) is 30.7. The van der Waals surface area contributed by atoms with E-state index in [2.05, 4.69) is 20.9 Å². The number of likely N-dealkylation sites (N-methyl/N-ethyl adjacent to an activating group) is 1. The van der Waals surface area contributed by atoms with Gasteiger partial charge in [-0.15, -0.1) is 0 Å². The molecule has 1 aliphatic heterocycles. The molecule has 3 rings (SSSR count). The second-order valence-electron chi connectivity index (χ2n) is 6.31. The van der Waals surface area contributed by atoms with E-state index in [1.54, 1.807) is 0 Å². The van der Waals surface area contributed by atoms with Crippen LogP contribution in [0.4, 0.5) is 33.9 Å². The first kappa shape index (κ1) is 21.0. The Labute approximate surface area is 171 Å². The molecule has 0 spiro atoms. The van der Waals surface area contributed by atoms with Crippen molar-refractivity contribution >= 4 is 39.4 Å². The molecule has 0 bridgehead atoms. The molecule has 11 heteroatoms. The maximum absolute atomic E-state index is 14.2. The molecule has 6 nitrogen and oxygen atoms in total. The molecule has 0 N–H and O–H groups in total. The van der Waals surface area contributed by atoms with Crippen molar-refractivity contribution in [3.63, 3.8) is 0 Å². The standard InChI is InChI=1S/C18H14BrF4N3O3/c1-9-5-10(18(21,22)23)6-15(24-9)26-14(8-29-17(26)28)16(27)25(2)13-4-3-11(19)7-12(13)20/h3-7,14H,8H2,1-2H3/t14-/m0/s1. The number of pyridine rings is 1. The van der Waals surface area contributed by atoms with Crippen molar-refractivity contribution in [1.82, 2.24) is 4.98 Å². The van der Waals surface area contributed by atoms with Crippen molar-refractivity contribution < 1.29 is 31.9 Å². The zero-order chi connectivity index (χ0) is 21.5. The van der Waals surface area contributed by atoms with Gasteiger partial charge in [-0.3, -0.25) is 4.79 Å². The summed E-state index contributed by atoms with van der Waals surface area (Å²) in [6.07, 6.45) is -5.68. The van der Waals surface area contributed by atoms with Crippen molar-refractivity contribution in [2.75, 3.05) is 23.5 Å². The van der Waals surface area contributed by atoms with Gasteiger partial charge in [0.15, 0.2) is 6.04 Å². The molecule has 29 heavy (non-hydrogen) atoms. The quantitative estimate of drug-likeness (QED) is 0.621. The summed E-state index contributed by atoms with van der Waals surface area (Å²) in [6, 6.07) is 4.22. The zero-order valence-electron chi connectivity index (χ0n) is 15.1. The van der Waals surface area contributed by atoms with Crippen LogP contribution in [0.1, 0.15) is 11.3 Å². The van der Waals surface area contributed by atoms with Crippen LogP contribution < -0.4 is 9.80 Å². The molecule has 0 saturated carbocycles. The molecular weight excluding hydrogens is 462 g/mol. The molecule has 1 saturated heterocycles. The molecule has 2 aromatic rings. The first-order valence-electron chi connectivity index (χ1n) is 8.23. The number of carbonyl (C=O) groups excluding carboxylic acids is 2. The Morgan fingerprint density at radius 1 is 1.31 bits per heavy atom. The van der Waals surface area contributed by atoms with E-state index in [9.17, 15) is 27.2 Å². The van der Waals surface area contributed by atoms with E-state index >= 15 is 0 Å². The largest absolute Gasteiger partial charge is 0.446 e. The highest BCUT2D eigenvalue weighted by Gasteiger charge is 2.43. The highest BCUT2D eigenvalue weighted by atomic mass is 79.9. The third-order valence-electron chi connectivity index (χ3n) is 4.27. The first-order valence-corrected chi connectivity index (χ1v) is 9.03. The van der Waals surface area contributed by atoms with Crippen LogP contribution in [0.2, 0.25) is 0 Å². The fourth-order valence-electron chi connectivity index (χ4n) is 2.89. The fourth-order valence-corrected chi connectivity index (χ4v) is 3.22. The molecule has 2 heterocycles. The maximum atomic E-state index is 14.2. The summed E-state index contributed by atoms with van der Waals surface area (Å²) < 4.78 is 58.9. The number of anilines is 2. The van der Waals surface area contributed by atoms with Gasteiger partial charge in [0.1, 0.15) is 18.2 Å². The second-order valence-corrected chi connectivity index (χ2v) is 7.22. The third-order valence-corrected chi connectivity index (χ3v) is 4.77. The number of aromatic nitrogens is 1. The van der Waals surface area contributed by atoms with E-state index < -0.39 is 42.2 Å². The lowest BCUT2D eigenvalue weighted by Gasteiger charge is -2.26. The van der Waals surface area contributed by atoms with E-state index in [1.165, 1.54) is 26.1 Å². The van der Waals surface area contributed by atoms with Crippen LogP contribution in [0.5, 0.6) is 0 Å². The molecule has 1 atom stereocenters. The Morgan fingerprint density at radius 3 is 2.62 bits per heavy atom. The number of halogens is 5. The Kier molecular flexibility index (Phi) is 5.52. The van der Waals surface area contributed by atoms with E-state index in [0.29, 0.717) is 10.5 Å². The van der Waals surface area contributed by atoms with Gasteiger partial charge in [-0.25, -0.2) is 19.1 Å². The number of ether oxygens (including phenoxy) is 1. The monoisotopic (exact) mass is 475 g/mol. The SMILES string of the molecule is Cc1cc(C(F)(F)F)cc(N2C(=O)OC[C@H]2C(=O)N(C)c2ccc(Br)cc2F)n1. The van der Waals surface area contributed by atoms with Crippen molar-refractivity contribution in [2.45, 2.75) is 19.1 Å². The highest BCUT2D eigenvalue weighted by molar-refractivity contribution is 9.10. The summed E-state index contributed by atoms with van der Waals surface area (Å²) in [5, 5.41) is 0. The number of nitrogens with zero attached hydrogens (tertiary/aromatic N) is 3. The van der Waals surface area contributed by atoms with E-state index in [0.717, 1.165) is 21.9 Å². The number of hydrogen-bond donors (Lipinski definition) is 0. The molecule has 1 fully saturated rings. The summed E-state index contributed by atoms with van der Waals surface area (Å²) in [7, 11) is 1.29. The van der Waals surface area contributed by atoms with Crippen LogP contribution in [0.15, 0.2) is 34.8 Å². The van der Waals surface area contributed by atoms with Gasteiger partial charge in [-0.05, 0) is 37.3 Å². The summed E-state index contributed by atoms with van der Waals surface area (Å²) >= 11 is 3.11. The Bertz CT molecular complexity index is 983. The average molecular weight is 476 g/mol. The van der Waals surface area contributed by atoms with Gasteiger partial charge in [0, 0.05) is 17.2 Å². The maximum Gasteiger partial charge on any atom is 0.416 e. The van der Waals surface area contributed by atoms with Gasteiger partial charge in [0.2, 0.25) is 0 Å². The van der Waals surface area contributed by atoms with Gasteiger partial charge >= 0.3 is 12.3 Å². The summed E-state index contributed by atoms with van der Waals surface area (Å²) in [6.45, 7) is 0.928. The Hall–Kier alpha value is -2.69. The third kappa shape index (κ3) is 4.19. The second kappa shape index (κ2) is 7.62. The first-order chi connectivity index (χ1) is 13.5. The van der Waals surface area contributed by atoms with E-state index in [-0.39, 0.29) is 17.2 Å². The Morgan fingerprint density at radius 2 is 2.00 bits per heavy atom. The predicted molar refractivity (Wildman–Crippen MR) is 99.1 cm³/mol. The smallest absolute Gasteiger partial charge is 0.416 e. The van der Waals surface area contributed by atoms with Gasteiger partial charge in [0.25, 0.3) is 5.91 Å². The molecule has 1 aliphatic rings. The van der Waals surface area contributed by atoms with Gasteiger partial charge < -0.3 is 9.64 Å². The van der Waals surface area contributed by atoms with E-state index in [4.69, 9.17) is 4.74 Å². The van der Waals surface area contributed by atoms with Crippen LogP contribution in [-0.4, -0.2) is 36.7 Å².